The average molecular weight is 304 g/mol. The smallest absolute Gasteiger partial charge is 0.373 e. The lowest BCUT2D eigenvalue weighted by Gasteiger charge is -2.19. The normalized spacial score (nSPS) is 11.1. The number of halogens is 3. The number of likely N-dealkylation sites (N-methyl/N-ethyl adjacent to an activating group) is 1. The van der Waals surface area contributed by atoms with E-state index in [0.717, 1.165) is 12.1 Å². The van der Waals surface area contributed by atoms with E-state index in [1.807, 2.05) is 13.8 Å². The van der Waals surface area contributed by atoms with E-state index >= 15 is 0 Å². The Balaban J connectivity index is 2.86. The molecule has 118 valence electrons. The van der Waals surface area contributed by atoms with Crippen molar-refractivity contribution in [3.05, 3.63) is 17.7 Å². The van der Waals surface area contributed by atoms with Crippen LogP contribution >= 0.6 is 0 Å². The molecule has 0 unspecified atom stereocenters. The number of amides is 1. The molecule has 21 heavy (non-hydrogen) atoms. The zero-order chi connectivity index (χ0) is 16.0. The second kappa shape index (κ2) is 7.14. The monoisotopic (exact) mass is 304 g/mol. The molecule has 5 nitrogen and oxygen atoms in total. The molecule has 1 rings (SSSR count). The minimum Gasteiger partial charge on any atom is -0.373 e. The molecular weight excluding hydrogens is 285 g/mol. The van der Waals surface area contributed by atoms with E-state index in [-0.39, 0.29) is 24.1 Å². The summed E-state index contributed by atoms with van der Waals surface area (Å²) < 4.78 is 38.3. The third-order valence-electron chi connectivity index (χ3n) is 2.95. The van der Waals surface area contributed by atoms with Gasteiger partial charge in [0.25, 0.3) is 0 Å². The summed E-state index contributed by atoms with van der Waals surface area (Å²) in [5, 5.41) is 5.20. The summed E-state index contributed by atoms with van der Waals surface area (Å²) in [7, 11) is 1.48. The summed E-state index contributed by atoms with van der Waals surface area (Å²) in [5.41, 5.74) is -0.820. The third kappa shape index (κ3) is 4.80. The Labute approximate surface area is 121 Å². The minimum atomic E-state index is -4.46. The fourth-order valence-corrected chi connectivity index (χ4v) is 1.77. The van der Waals surface area contributed by atoms with Crippen molar-refractivity contribution in [1.82, 2.24) is 9.88 Å². The summed E-state index contributed by atoms with van der Waals surface area (Å²) in [4.78, 5) is 17.4. The van der Waals surface area contributed by atoms with Gasteiger partial charge in [-0.05, 0) is 26.0 Å². The fraction of sp³-hybridized carbons (Fsp3) is 0.538. The summed E-state index contributed by atoms with van der Waals surface area (Å²) in [6.45, 7) is 4.68. The second-order valence-electron chi connectivity index (χ2n) is 4.29. The number of alkyl halides is 3. The topological polar surface area (TPSA) is 57.3 Å². The third-order valence-corrected chi connectivity index (χ3v) is 2.95. The Bertz CT molecular complexity index is 487. The quantitative estimate of drug-likeness (QED) is 0.847. The van der Waals surface area contributed by atoms with E-state index in [2.05, 4.69) is 15.6 Å². The highest BCUT2D eigenvalue weighted by atomic mass is 19.4. The summed E-state index contributed by atoms with van der Waals surface area (Å²) in [5.74, 6) is -0.0949. The van der Waals surface area contributed by atoms with Crippen molar-refractivity contribution in [2.24, 2.45) is 0 Å². The van der Waals surface area contributed by atoms with Gasteiger partial charge in [0.15, 0.2) is 0 Å². The highest BCUT2D eigenvalue weighted by Crippen LogP contribution is 2.31. The van der Waals surface area contributed by atoms with Crippen molar-refractivity contribution < 1.29 is 18.0 Å². The maximum absolute atomic E-state index is 12.8. The SMILES string of the molecule is CCN(CC)C(=O)CNc1cc(C(F)(F)F)cc(NC)n1. The lowest BCUT2D eigenvalue weighted by Crippen LogP contribution is -2.35. The molecule has 0 fully saturated rings. The van der Waals surface area contributed by atoms with Gasteiger partial charge in [0.2, 0.25) is 5.91 Å². The Kier molecular flexibility index (Phi) is 5.80. The Morgan fingerprint density at radius 1 is 1.24 bits per heavy atom. The summed E-state index contributed by atoms with van der Waals surface area (Å²) in [6.07, 6.45) is -4.46. The second-order valence-corrected chi connectivity index (χ2v) is 4.29. The molecule has 0 aliphatic heterocycles. The number of rotatable bonds is 6. The molecule has 1 amide bonds. The number of hydrogen-bond acceptors (Lipinski definition) is 4. The van der Waals surface area contributed by atoms with Crippen molar-refractivity contribution >= 4 is 17.5 Å². The highest BCUT2D eigenvalue weighted by Gasteiger charge is 2.31. The van der Waals surface area contributed by atoms with Crippen LogP contribution in [0.25, 0.3) is 0 Å². The molecule has 0 bridgehead atoms. The number of pyridine rings is 1. The molecule has 1 aromatic rings. The minimum absolute atomic E-state index is 0.00896. The standard InChI is InChI=1S/C13H19F3N4O/c1-4-20(5-2)12(21)8-18-11-7-9(13(14,15)16)6-10(17-3)19-11/h6-7H,4-5,8H2,1-3H3,(H2,17,18,19). The predicted molar refractivity (Wildman–Crippen MR) is 75.2 cm³/mol. The molecule has 0 saturated heterocycles. The van der Waals surface area contributed by atoms with Crippen LogP contribution in [0.3, 0.4) is 0 Å². The molecule has 0 saturated carbocycles. The number of carbonyl (C=O) groups is 1. The van der Waals surface area contributed by atoms with E-state index in [4.69, 9.17) is 0 Å². The largest absolute Gasteiger partial charge is 0.416 e. The van der Waals surface area contributed by atoms with Crippen LogP contribution in [0.2, 0.25) is 0 Å². The van der Waals surface area contributed by atoms with Crippen LogP contribution in [-0.2, 0) is 11.0 Å². The van der Waals surface area contributed by atoms with Gasteiger partial charge in [-0.1, -0.05) is 0 Å². The zero-order valence-electron chi connectivity index (χ0n) is 12.2. The fourth-order valence-electron chi connectivity index (χ4n) is 1.77. The first-order valence-corrected chi connectivity index (χ1v) is 6.60. The van der Waals surface area contributed by atoms with Crippen LogP contribution in [0, 0.1) is 0 Å². The van der Waals surface area contributed by atoms with Crippen molar-refractivity contribution in [3.63, 3.8) is 0 Å². The summed E-state index contributed by atoms with van der Waals surface area (Å²) >= 11 is 0. The van der Waals surface area contributed by atoms with Crippen molar-refractivity contribution in [2.45, 2.75) is 20.0 Å². The molecule has 2 N–H and O–H groups in total. The summed E-state index contributed by atoms with van der Waals surface area (Å²) in [6, 6.07) is 1.80. The van der Waals surface area contributed by atoms with Gasteiger partial charge in [0.1, 0.15) is 11.6 Å². The highest BCUT2D eigenvalue weighted by molar-refractivity contribution is 5.80. The number of nitrogens with one attached hydrogen (secondary N) is 2. The van der Waals surface area contributed by atoms with E-state index in [1.165, 1.54) is 7.05 Å². The maximum Gasteiger partial charge on any atom is 0.416 e. The first-order valence-electron chi connectivity index (χ1n) is 6.60. The Hall–Kier alpha value is -1.99. The first kappa shape index (κ1) is 17.1. The first-order chi connectivity index (χ1) is 9.81. The van der Waals surface area contributed by atoms with Crippen LogP contribution in [0.15, 0.2) is 12.1 Å². The maximum atomic E-state index is 12.8. The van der Waals surface area contributed by atoms with Crippen LogP contribution in [0.1, 0.15) is 19.4 Å². The van der Waals surface area contributed by atoms with Crippen molar-refractivity contribution in [1.29, 1.82) is 0 Å². The molecule has 1 aromatic heterocycles. The molecule has 0 radical (unpaired) electrons. The van der Waals surface area contributed by atoms with E-state index < -0.39 is 11.7 Å². The molecule has 0 spiro atoms. The van der Waals surface area contributed by atoms with Gasteiger partial charge in [0, 0.05) is 20.1 Å². The van der Waals surface area contributed by atoms with Crippen LogP contribution in [0.4, 0.5) is 24.8 Å². The van der Waals surface area contributed by atoms with Gasteiger partial charge >= 0.3 is 6.18 Å². The molecule has 0 aliphatic carbocycles. The molecule has 1 heterocycles. The lowest BCUT2D eigenvalue weighted by molar-refractivity contribution is -0.137. The lowest BCUT2D eigenvalue weighted by atomic mass is 10.2. The predicted octanol–water partition coefficient (Wildman–Crippen LogP) is 2.42. The van der Waals surface area contributed by atoms with Gasteiger partial charge < -0.3 is 15.5 Å². The van der Waals surface area contributed by atoms with Gasteiger partial charge in [-0.15, -0.1) is 0 Å². The van der Waals surface area contributed by atoms with Crippen molar-refractivity contribution in [2.75, 3.05) is 37.3 Å². The molecular formula is C13H19F3N4O. The van der Waals surface area contributed by atoms with Crippen molar-refractivity contribution in [3.8, 4) is 0 Å². The van der Waals surface area contributed by atoms with Gasteiger partial charge in [0.05, 0.1) is 12.1 Å². The van der Waals surface area contributed by atoms with E-state index in [9.17, 15) is 18.0 Å². The zero-order valence-corrected chi connectivity index (χ0v) is 12.2. The van der Waals surface area contributed by atoms with Gasteiger partial charge in [-0.25, -0.2) is 4.98 Å². The Morgan fingerprint density at radius 2 is 1.81 bits per heavy atom. The van der Waals surface area contributed by atoms with Gasteiger partial charge in [-0.2, -0.15) is 13.2 Å². The Morgan fingerprint density at radius 3 is 2.29 bits per heavy atom. The average Bonchev–Trinajstić information content (AvgIpc) is 2.45. The molecule has 8 heteroatoms. The molecule has 0 atom stereocenters. The number of anilines is 2. The van der Waals surface area contributed by atoms with Crippen LogP contribution in [-0.4, -0.2) is 42.5 Å². The van der Waals surface area contributed by atoms with Crippen LogP contribution in [0.5, 0.6) is 0 Å². The molecule has 0 aliphatic rings. The number of hydrogen-bond donors (Lipinski definition) is 2. The van der Waals surface area contributed by atoms with Gasteiger partial charge in [-0.3, -0.25) is 4.79 Å². The number of nitrogens with zero attached hydrogens (tertiary/aromatic N) is 2. The van der Waals surface area contributed by atoms with E-state index in [1.54, 1.807) is 4.90 Å². The number of aromatic nitrogens is 1. The number of carbonyl (C=O) groups excluding carboxylic acids is 1. The van der Waals surface area contributed by atoms with E-state index in [0.29, 0.717) is 13.1 Å². The molecule has 0 aromatic carbocycles. The van der Waals surface area contributed by atoms with Crippen LogP contribution < -0.4 is 10.6 Å².